The molecule has 0 saturated carbocycles. The van der Waals surface area contributed by atoms with Crippen LogP contribution in [0, 0.1) is 11.3 Å². The van der Waals surface area contributed by atoms with Crippen molar-refractivity contribution < 1.29 is 13.2 Å². The van der Waals surface area contributed by atoms with E-state index in [9.17, 15) is 18.5 Å². The maximum Gasteiger partial charge on any atom is 0.253 e. The predicted octanol–water partition coefficient (Wildman–Crippen LogP) is 3.48. The molecule has 3 rings (SSSR count). The third kappa shape index (κ3) is 4.45. The maximum atomic E-state index is 13.0. The summed E-state index contributed by atoms with van der Waals surface area (Å²) < 4.78 is 27.3. The monoisotopic (exact) mass is 431 g/mol. The Balaban J connectivity index is 1.72. The zero-order valence-corrected chi connectivity index (χ0v) is 17.9. The second-order valence-electron chi connectivity index (χ2n) is 7.23. The van der Waals surface area contributed by atoms with Crippen LogP contribution in [0.5, 0.6) is 0 Å². The highest BCUT2D eigenvalue weighted by Crippen LogP contribution is 2.25. The fraction of sp³-hybridized carbons (Fsp3) is 0.333. The molecule has 1 aliphatic rings. The third-order valence-electron chi connectivity index (χ3n) is 5.03. The molecule has 29 heavy (non-hydrogen) atoms. The Morgan fingerprint density at radius 1 is 1.07 bits per heavy atom. The van der Waals surface area contributed by atoms with E-state index >= 15 is 0 Å². The number of hydrogen-bond donors (Lipinski definition) is 0. The lowest BCUT2D eigenvalue weighted by molar-refractivity contribution is 0.0698. The summed E-state index contributed by atoms with van der Waals surface area (Å²) in [6.45, 7) is 5.08. The van der Waals surface area contributed by atoms with Crippen molar-refractivity contribution in [1.29, 1.82) is 5.26 Å². The smallest absolute Gasteiger partial charge is 0.253 e. The molecule has 0 aliphatic carbocycles. The highest BCUT2D eigenvalue weighted by atomic mass is 35.5. The maximum absolute atomic E-state index is 13.0. The molecule has 0 aromatic heterocycles. The van der Waals surface area contributed by atoms with Gasteiger partial charge in [-0.3, -0.25) is 4.79 Å². The molecule has 0 bridgehead atoms. The zero-order chi connectivity index (χ0) is 21.2. The second kappa shape index (κ2) is 8.54. The van der Waals surface area contributed by atoms with Crippen LogP contribution in [-0.2, 0) is 10.0 Å². The van der Waals surface area contributed by atoms with E-state index in [2.05, 4.69) is 13.8 Å². The van der Waals surface area contributed by atoms with Crippen molar-refractivity contribution in [2.45, 2.75) is 24.7 Å². The molecular formula is C21H22ClN3O3S. The molecule has 1 fully saturated rings. The van der Waals surface area contributed by atoms with Crippen molar-refractivity contribution in [3.63, 3.8) is 0 Å². The van der Waals surface area contributed by atoms with Gasteiger partial charge in [-0.05, 0) is 41.8 Å². The van der Waals surface area contributed by atoms with E-state index < -0.39 is 10.0 Å². The van der Waals surface area contributed by atoms with Crippen LogP contribution in [0.25, 0.3) is 0 Å². The summed E-state index contributed by atoms with van der Waals surface area (Å²) in [5, 5.41) is 9.49. The Bertz CT molecular complexity index is 1050. The summed E-state index contributed by atoms with van der Waals surface area (Å²) in [7, 11) is -3.87. The molecule has 0 atom stereocenters. The molecule has 0 N–H and O–H groups in total. The minimum Gasteiger partial charge on any atom is -0.336 e. The Morgan fingerprint density at radius 3 is 2.24 bits per heavy atom. The summed E-state index contributed by atoms with van der Waals surface area (Å²) in [5.41, 5.74) is 1.80. The van der Waals surface area contributed by atoms with Crippen LogP contribution in [-0.4, -0.2) is 49.7 Å². The number of hydrogen-bond acceptors (Lipinski definition) is 4. The minimum atomic E-state index is -3.87. The van der Waals surface area contributed by atoms with Crippen molar-refractivity contribution in [3.8, 4) is 6.07 Å². The summed E-state index contributed by atoms with van der Waals surface area (Å²) in [4.78, 5) is 14.3. The van der Waals surface area contributed by atoms with Crippen molar-refractivity contribution in [2.75, 3.05) is 26.2 Å². The van der Waals surface area contributed by atoms with Crippen molar-refractivity contribution in [1.82, 2.24) is 9.21 Å². The second-order valence-corrected chi connectivity index (χ2v) is 9.57. The van der Waals surface area contributed by atoms with E-state index in [1.807, 2.05) is 30.3 Å². The Kier molecular flexibility index (Phi) is 6.27. The van der Waals surface area contributed by atoms with Gasteiger partial charge in [0.2, 0.25) is 10.0 Å². The van der Waals surface area contributed by atoms with Gasteiger partial charge in [0.05, 0.1) is 5.56 Å². The van der Waals surface area contributed by atoms with Gasteiger partial charge in [-0.2, -0.15) is 9.57 Å². The first-order chi connectivity index (χ1) is 13.7. The number of halogens is 1. The van der Waals surface area contributed by atoms with E-state index in [4.69, 9.17) is 11.6 Å². The zero-order valence-electron chi connectivity index (χ0n) is 16.3. The van der Waals surface area contributed by atoms with E-state index in [1.165, 1.54) is 22.5 Å². The number of nitrogens with zero attached hydrogens (tertiary/aromatic N) is 3. The van der Waals surface area contributed by atoms with Crippen molar-refractivity contribution in [3.05, 3.63) is 64.2 Å². The standard InChI is InChI=1S/C21H22ClN3O3S/c1-15(2)16-3-5-17(6-4-16)21(26)24-9-11-25(12-10-24)29(27,28)20-13-19(22)8-7-18(20)14-23/h3-8,13,15H,9-12H2,1-2H3. The molecule has 0 radical (unpaired) electrons. The summed E-state index contributed by atoms with van der Waals surface area (Å²) in [5.74, 6) is 0.274. The van der Waals surface area contributed by atoms with Gasteiger partial charge in [0, 0.05) is 36.8 Å². The van der Waals surface area contributed by atoms with E-state index in [1.54, 1.807) is 4.90 Å². The van der Waals surface area contributed by atoms with Gasteiger partial charge in [-0.15, -0.1) is 0 Å². The van der Waals surface area contributed by atoms with Gasteiger partial charge in [0.15, 0.2) is 0 Å². The van der Waals surface area contributed by atoms with Gasteiger partial charge >= 0.3 is 0 Å². The molecular weight excluding hydrogens is 410 g/mol. The van der Waals surface area contributed by atoms with Crippen LogP contribution < -0.4 is 0 Å². The van der Waals surface area contributed by atoms with Gasteiger partial charge < -0.3 is 4.90 Å². The van der Waals surface area contributed by atoms with Gasteiger partial charge in [-0.1, -0.05) is 37.6 Å². The van der Waals surface area contributed by atoms with E-state index in [0.717, 1.165) is 5.56 Å². The molecule has 1 aliphatic heterocycles. The quantitative estimate of drug-likeness (QED) is 0.742. The summed E-state index contributed by atoms with van der Waals surface area (Å²) in [6.07, 6.45) is 0. The topological polar surface area (TPSA) is 81.5 Å². The molecule has 1 saturated heterocycles. The molecule has 2 aromatic rings. The van der Waals surface area contributed by atoms with Gasteiger partial charge in [0.25, 0.3) is 5.91 Å². The van der Waals surface area contributed by atoms with Crippen LogP contribution >= 0.6 is 11.6 Å². The number of amides is 1. The third-order valence-corrected chi connectivity index (χ3v) is 7.21. The predicted molar refractivity (Wildman–Crippen MR) is 111 cm³/mol. The fourth-order valence-electron chi connectivity index (χ4n) is 3.27. The summed E-state index contributed by atoms with van der Waals surface area (Å²) in [6, 6.07) is 13.6. The summed E-state index contributed by atoms with van der Waals surface area (Å²) >= 11 is 5.94. The van der Waals surface area contributed by atoms with Gasteiger partial charge in [0.1, 0.15) is 11.0 Å². The fourth-order valence-corrected chi connectivity index (χ4v) is 5.09. The number of nitriles is 1. The van der Waals surface area contributed by atoms with E-state index in [0.29, 0.717) is 11.5 Å². The number of carbonyl (C=O) groups excluding carboxylic acids is 1. The number of carbonyl (C=O) groups is 1. The molecule has 152 valence electrons. The highest BCUT2D eigenvalue weighted by Gasteiger charge is 2.32. The Labute approximate surface area is 176 Å². The largest absolute Gasteiger partial charge is 0.336 e. The lowest BCUT2D eigenvalue weighted by Crippen LogP contribution is -2.50. The van der Waals surface area contributed by atoms with Crippen molar-refractivity contribution in [2.24, 2.45) is 0 Å². The molecule has 0 unspecified atom stereocenters. The first-order valence-electron chi connectivity index (χ1n) is 9.33. The number of sulfonamides is 1. The SMILES string of the molecule is CC(C)c1ccc(C(=O)N2CCN(S(=O)(=O)c3cc(Cl)ccc3C#N)CC2)cc1. The van der Waals surface area contributed by atoms with Gasteiger partial charge in [-0.25, -0.2) is 8.42 Å². The molecule has 1 heterocycles. The van der Waals surface area contributed by atoms with Crippen molar-refractivity contribution >= 4 is 27.5 Å². The number of rotatable bonds is 4. The number of piperazine rings is 1. The average molecular weight is 432 g/mol. The lowest BCUT2D eigenvalue weighted by Gasteiger charge is -2.34. The van der Waals surface area contributed by atoms with Crippen LogP contribution in [0.3, 0.4) is 0 Å². The number of benzene rings is 2. The van der Waals surface area contributed by atoms with Crippen LogP contribution in [0.2, 0.25) is 5.02 Å². The highest BCUT2D eigenvalue weighted by molar-refractivity contribution is 7.89. The first kappa shape index (κ1) is 21.3. The van der Waals surface area contributed by atoms with Crippen LogP contribution in [0.4, 0.5) is 0 Å². The Morgan fingerprint density at radius 2 is 1.69 bits per heavy atom. The normalized spacial score (nSPS) is 15.3. The lowest BCUT2D eigenvalue weighted by atomic mass is 10.0. The van der Waals surface area contributed by atoms with Crippen LogP contribution in [0.15, 0.2) is 47.4 Å². The molecule has 1 amide bonds. The van der Waals surface area contributed by atoms with E-state index in [-0.39, 0.29) is 47.6 Å². The minimum absolute atomic E-state index is 0.0538. The molecule has 0 spiro atoms. The molecule has 2 aromatic carbocycles. The first-order valence-corrected chi connectivity index (χ1v) is 11.1. The molecule has 8 heteroatoms. The molecule has 6 nitrogen and oxygen atoms in total. The van der Waals surface area contributed by atoms with Crippen LogP contribution in [0.1, 0.15) is 41.3 Å². The Hall–Kier alpha value is -2.40. The average Bonchev–Trinajstić information content (AvgIpc) is 2.73.